The number of primary amides is 1. The zero-order valence-electron chi connectivity index (χ0n) is 14.4. The topological polar surface area (TPSA) is 72.2 Å². The van der Waals surface area contributed by atoms with Crippen molar-refractivity contribution in [1.82, 2.24) is 5.32 Å². The summed E-state index contributed by atoms with van der Waals surface area (Å²) in [5.74, 6) is -0.480. The molecule has 2 aromatic carbocycles. The number of rotatable bonds is 6. The van der Waals surface area contributed by atoms with Crippen LogP contribution in [0.25, 0.3) is 0 Å². The first kappa shape index (κ1) is 17.9. The predicted molar refractivity (Wildman–Crippen MR) is 100 cm³/mol. The van der Waals surface area contributed by atoms with Gasteiger partial charge in [-0.05, 0) is 35.4 Å². The summed E-state index contributed by atoms with van der Waals surface area (Å²) in [7, 11) is -1.63. The Morgan fingerprint density at radius 3 is 2.29 bits per heavy atom. The van der Waals surface area contributed by atoms with Gasteiger partial charge in [0.1, 0.15) is 0 Å². The van der Waals surface area contributed by atoms with Crippen molar-refractivity contribution in [2.75, 3.05) is 6.54 Å². The van der Waals surface area contributed by atoms with Crippen molar-refractivity contribution < 1.29 is 9.59 Å². The molecular formula is C19H24N2O2Si. The van der Waals surface area contributed by atoms with E-state index in [1.807, 2.05) is 36.4 Å². The highest BCUT2D eigenvalue weighted by Crippen LogP contribution is 2.10. The predicted octanol–water partition coefficient (Wildman–Crippen LogP) is 2.30. The van der Waals surface area contributed by atoms with E-state index in [2.05, 4.69) is 25.0 Å². The Bertz CT molecular complexity index is 737. The summed E-state index contributed by atoms with van der Waals surface area (Å²) < 4.78 is 0. The molecular weight excluding hydrogens is 316 g/mol. The third-order valence-electron chi connectivity index (χ3n) is 3.89. The van der Waals surface area contributed by atoms with Crippen LogP contribution in [0.3, 0.4) is 0 Å². The van der Waals surface area contributed by atoms with Gasteiger partial charge in [-0.15, -0.1) is 0 Å². The Balaban J connectivity index is 2.04. The molecule has 3 N–H and O–H groups in total. The van der Waals surface area contributed by atoms with Gasteiger partial charge in [0, 0.05) is 17.7 Å². The molecule has 0 saturated carbocycles. The number of nitrogens with two attached hydrogens (primary N) is 1. The Labute approximate surface area is 144 Å². The van der Waals surface area contributed by atoms with Gasteiger partial charge in [0.2, 0.25) is 5.91 Å². The SMILES string of the molecule is C[Si](C)(C)c1ccc(CCNC(=O)c2ccccc2)cc1C(N)=O. The first-order chi connectivity index (χ1) is 11.3. The molecule has 0 saturated heterocycles. The maximum absolute atomic E-state index is 12.0. The third-order valence-corrected chi connectivity index (χ3v) is 5.94. The Morgan fingerprint density at radius 1 is 1.04 bits per heavy atom. The smallest absolute Gasteiger partial charge is 0.251 e. The molecule has 24 heavy (non-hydrogen) atoms. The van der Waals surface area contributed by atoms with Crippen LogP contribution in [-0.4, -0.2) is 26.4 Å². The fourth-order valence-electron chi connectivity index (χ4n) is 2.62. The lowest BCUT2D eigenvalue weighted by Gasteiger charge is -2.20. The molecule has 0 heterocycles. The van der Waals surface area contributed by atoms with Crippen molar-refractivity contribution in [2.45, 2.75) is 26.1 Å². The van der Waals surface area contributed by atoms with E-state index < -0.39 is 8.07 Å². The standard InChI is InChI=1S/C19H24N2O2Si/c1-24(2,3)17-10-9-14(13-16(17)18(20)22)11-12-21-19(23)15-7-5-4-6-8-15/h4-10,13H,11-12H2,1-3H3,(H2,20,22)(H,21,23). The van der Waals surface area contributed by atoms with Gasteiger partial charge < -0.3 is 11.1 Å². The summed E-state index contributed by atoms with van der Waals surface area (Å²) in [6.07, 6.45) is 0.658. The molecule has 0 aliphatic rings. The summed E-state index contributed by atoms with van der Waals surface area (Å²) in [5, 5.41) is 3.97. The number of hydrogen-bond acceptors (Lipinski definition) is 2. The maximum Gasteiger partial charge on any atom is 0.251 e. The van der Waals surface area contributed by atoms with E-state index in [1.54, 1.807) is 12.1 Å². The first-order valence-corrected chi connectivity index (χ1v) is 11.6. The van der Waals surface area contributed by atoms with E-state index in [1.165, 1.54) is 0 Å². The van der Waals surface area contributed by atoms with Gasteiger partial charge in [-0.3, -0.25) is 9.59 Å². The Morgan fingerprint density at radius 2 is 1.71 bits per heavy atom. The molecule has 0 bridgehead atoms. The number of hydrogen-bond donors (Lipinski definition) is 2. The lowest BCUT2D eigenvalue weighted by atomic mass is 10.1. The second-order valence-electron chi connectivity index (χ2n) is 6.87. The molecule has 0 aliphatic carbocycles. The van der Waals surface area contributed by atoms with E-state index in [-0.39, 0.29) is 11.8 Å². The quantitative estimate of drug-likeness (QED) is 0.792. The molecule has 2 amide bonds. The monoisotopic (exact) mass is 340 g/mol. The Kier molecular flexibility index (Phi) is 5.57. The van der Waals surface area contributed by atoms with Crippen LogP contribution < -0.4 is 16.2 Å². The highest BCUT2D eigenvalue weighted by molar-refractivity contribution is 6.89. The van der Waals surface area contributed by atoms with Crippen molar-refractivity contribution in [1.29, 1.82) is 0 Å². The molecule has 0 aliphatic heterocycles. The number of carbonyl (C=O) groups is 2. The van der Waals surface area contributed by atoms with Crippen molar-refractivity contribution >= 4 is 25.1 Å². The summed E-state index contributed by atoms with van der Waals surface area (Å²) >= 11 is 0. The normalized spacial score (nSPS) is 11.1. The molecule has 0 unspecified atom stereocenters. The van der Waals surface area contributed by atoms with Gasteiger partial charge in [0.25, 0.3) is 5.91 Å². The lowest BCUT2D eigenvalue weighted by molar-refractivity contribution is 0.0952. The Hall–Kier alpha value is -2.40. The average Bonchev–Trinajstić information content (AvgIpc) is 2.54. The van der Waals surface area contributed by atoms with Gasteiger partial charge in [-0.2, -0.15) is 0 Å². The van der Waals surface area contributed by atoms with E-state index in [0.29, 0.717) is 24.1 Å². The van der Waals surface area contributed by atoms with E-state index >= 15 is 0 Å². The van der Waals surface area contributed by atoms with Gasteiger partial charge in [0.05, 0.1) is 8.07 Å². The summed E-state index contributed by atoms with van der Waals surface area (Å²) in [4.78, 5) is 23.8. The summed E-state index contributed by atoms with van der Waals surface area (Å²) in [6, 6.07) is 15.0. The van der Waals surface area contributed by atoms with Crippen molar-refractivity contribution in [3.63, 3.8) is 0 Å². The van der Waals surface area contributed by atoms with Crippen molar-refractivity contribution in [3.8, 4) is 0 Å². The molecule has 0 radical (unpaired) electrons. The second kappa shape index (κ2) is 7.44. The molecule has 126 valence electrons. The van der Waals surface area contributed by atoms with Crippen LogP contribution in [-0.2, 0) is 6.42 Å². The highest BCUT2D eigenvalue weighted by atomic mass is 28.3. The minimum atomic E-state index is -1.63. The van der Waals surface area contributed by atoms with Gasteiger partial charge in [-0.1, -0.05) is 50.0 Å². The average molecular weight is 340 g/mol. The minimum Gasteiger partial charge on any atom is -0.366 e. The van der Waals surface area contributed by atoms with Crippen LogP contribution >= 0.6 is 0 Å². The van der Waals surface area contributed by atoms with Gasteiger partial charge in [-0.25, -0.2) is 0 Å². The molecule has 0 spiro atoms. The number of amides is 2. The van der Waals surface area contributed by atoms with Crippen molar-refractivity contribution in [3.05, 3.63) is 65.2 Å². The summed E-state index contributed by atoms with van der Waals surface area (Å²) in [6.45, 7) is 7.08. The first-order valence-electron chi connectivity index (χ1n) is 8.05. The van der Waals surface area contributed by atoms with Crippen LogP contribution in [0, 0.1) is 0 Å². The van der Waals surface area contributed by atoms with Crippen LogP contribution in [0.15, 0.2) is 48.5 Å². The van der Waals surface area contributed by atoms with Crippen LogP contribution in [0.1, 0.15) is 26.3 Å². The molecule has 0 aromatic heterocycles. The van der Waals surface area contributed by atoms with E-state index in [4.69, 9.17) is 5.73 Å². The largest absolute Gasteiger partial charge is 0.366 e. The fraction of sp³-hybridized carbons (Fsp3) is 0.263. The summed E-state index contributed by atoms with van der Waals surface area (Å²) in [5.41, 5.74) is 7.80. The van der Waals surface area contributed by atoms with Gasteiger partial charge in [0.15, 0.2) is 0 Å². The second-order valence-corrected chi connectivity index (χ2v) is 11.9. The van der Waals surface area contributed by atoms with Gasteiger partial charge >= 0.3 is 0 Å². The van der Waals surface area contributed by atoms with Crippen LogP contribution in [0.2, 0.25) is 19.6 Å². The molecule has 0 atom stereocenters. The molecule has 0 fully saturated rings. The van der Waals surface area contributed by atoms with Crippen molar-refractivity contribution in [2.24, 2.45) is 5.73 Å². The minimum absolute atomic E-state index is 0.0931. The van der Waals surface area contributed by atoms with E-state index in [0.717, 1.165) is 10.8 Å². The number of benzene rings is 2. The molecule has 2 rings (SSSR count). The molecule has 2 aromatic rings. The highest BCUT2D eigenvalue weighted by Gasteiger charge is 2.22. The van der Waals surface area contributed by atoms with E-state index in [9.17, 15) is 9.59 Å². The molecule has 5 heteroatoms. The number of carbonyl (C=O) groups excluding carboxylic acids is 2. The number of nitrogens with one attached hydrogen (secondary N) is 1. The molecule has 4 nitrogen and oxygen atoms in total. The maximum atomic E-state index is 12.0. The third kappa shape index (κ3) is 4.55. The fourth-order valence-corrected chi connectivity index (χ4v) is 4.20. The zero-order chi connectivity index (χ0) is 17.7. The lowest BCUT2D eigenvalue weighted by Crippen LogP contribution is -2.42. The van der Waals surface area contributed by atoms with Crippen LogP contribution in [0.4, 0.5) is 0 Å². The zero-order valence-corrected chi connectivity index (χ0v) is 15.4. The van der Waals surface area contributed by atoms with Crippen LogP contribution in [0.5, 0.6) is 0 Å².